The molecule has 1 saturated heterocycles. The standard InChI is InChI=1S/C12H15BrClNO4S/c1-5-7(8(16)12(2,3)4)15-10(17)6(14)11(15)20(18,19)9(5)13/h6,9,11H,1-4H3/t6-,9?,11-/m0/s1. The molecule has 0 saturated carbocycles. The molecular formula is C12H15BrClNO4S. The number of alkyl halides is 2. The van der Waals surface area contributed by atoms with Crippen LogP contribution in [-0.4, -0.2) is 39.9 Å². The van der Waals surface area contributed by atoms with Crippen LogP contribution in [0, 0.1) is 5.41 Å². The molecule has 1 unspecified atom stereocenters. The molecule has 20 heavy (non-hydrogen) atoms. The fraction of sp³-hybridized carbons (Fsp3) is 0.667. The molecular weight excluding hydrogens is 370 g/mol. The number of sulfone groups is 1. The summed E-state index contributed by atoms with van der Waals surface area (Å²) >= 11 is 8.93. The molecule has 0 aliphatic carbocycles. The summed E-state index contributed by atoms with van der Waals surface area (Å²) in [4.78, 5) is 25.5. The predicted octanol–water partition coefficient (Wildman–Crippen LogP) is 1.80. The van der Waals surface area contributed by atoms with Gasteiger partial charge in [0.2, 0.25) is 5.91 Å². The number of β-lactam (4-membered cyclic amide) rings is 1. The summed E-state index contributed by atoms with van der Waals surface area (Å²) in [5.74, 6) is -0.803. The number of carbonyl (C=O) groups is 2. The van der Waals surface area contributed by atoms with Gasteiger partial charge in [-0.3, -0.25) is 14.5 Å². The number of carbonyl (C=O) groups excluding carboxylic acids is 2. The summed E-state index contributed by atoms with van der Waals surface area (Å²) in [6.07, 6.45) is 0. The number of halogens is 2. The zero-order chi connectivity index (χ0) is 15.6. The van der Waals surface area contributed by atoms with Crippen LogP contribution < -0.4 is 0 Å². The topological polar surface area (TPSA) is 71.5 Å². The van der Waals surface area contributed by atoms with Crippen molar-refractivity contribution in [3.05, 3.63) is 11.3 Å². The molecule has 112 valence electrons. The smallest absolute Gasteiger partial charge is 0.249 e. The number of ketones is 1. The highest BCUT2D eigenvalue weighted by Gasteiger charge is 2.61. The van der Waals surface area contributed by atoms with E-state index in [1.807, 2.05) is 0 Å². The Hall–Kier alpha value is -0.400. The monoisotopic (exact) mass is 383 g/mol. The van der Waals surface area contributed by atoms with E-state index in [1.54, 1.807) is 27.7 Å². The lowest BCUT2D eigenvalue weighted by Gasteiger charge is -2.49. The van der Waals surface area contributed by atoms with Crippen molar-refractivity contribution in [3.63, 3.8) is 0 Å². The van der Waals surface area contributed by atoms with E-state index in [9.17, 15) is 18.0 Å². The molecule has 0 aromatic heterocycles. The van der Waals surface area contributed by atoms with Gasteiger partial charge < -0.3 is 0 Å². The summed E-state index contributed by atoms with van der Waals surface area (Å²) in [5.41, 5.74) is -0.230. The first-order valence-electron chi connectivity index (χ1n) is 6.02. The number of Topliss-reactive ketones (excluding diaryl/α,β-unsaturated/α-hetero) is 1. The van der Waals surface area contributed by atoms with Crippen LogP contribution in [0.15, 0.2) is 11.3 Å². The van der Waals surface area contributed by atoms with Crippen molar-refractivity contribution in [1.29, 1.82) is 0 Å². The van der Waals surface area contributed by atoms with E-state index in [4.69, 9.17) is 11.6 Å². The normalized spacial score (nSPS) is 32.8. The van der Waals surface area contributed by atoms with Crippen LogP contribution in [0.25, 0.3) is 0 Å². The Balaban J connectivity index is 2.64. The van der Waals surface area contributed by atoms with E-state index in [1.165, 1.54) is 0 Å². The van der Waals surface area contributed by atoms with Crippen LogP contribution in [0.4, 0.5) is 0 Å². The average Bonchev–Trinajstić information content (AvgIpc) is 2.33. The number of nitrogens with zero attached hydrogens (tertiary/aromatic N) is 1. The zero-order valence-electron chi connectivity index (χ0n) is 11.5. The fourth-order valence-electron chi connectivity index (χ4n) is 2.29. The highest BCUT2D eigenvalue weighted by molar-refractivity contribution is 9.11. The van der Waals surface area contributed by atoms with Gasteiger partial charge in [-0.2, -0.15) is 0 Å². The highest BCUT2D eigenvalue weighted by atomic mass is 79.9. The SMILES string of the molecule is CC1=C(C(=O)C(C)(C)C)N2C(=O)[C@H](Cl)[C@@H]2S(=O)(=O)C1Br. The molecule has 5 nitrogen and oxygen atoms in total. The lowest BCUT2D eigenvalue weighted by molar-refractivity contribution is -0.142. The molecule has 0 aromatic rings. The minimum Gasteiger partial charge on any atom is -0.292 e. The first kappa shape index (κ1) is 16.0. The van der Waals surface area contributed by atoms with Gasteiger partial charge in [0.05, 0.1) is 5.70 Å². The summed E-state index contributed by atoms with van der Waals surface area (Å²) < 4.78 is 23.6. The van der Waals surface area contributed by atoms with Gasteiger partial charge in [0.15, 0.2) is 21.0 Å². The van der Waals surface area contributed by atoms with Gasteiger partial charge in [0, 0.05) is 5.41 Å². The third kappa shape index (κ3) is 1.97. The van der Waals surface area contributed by atoms with Crippen LogP contribution in [0.1, 0.15) is 27.7 Å². The molecule has 0 aromatic carbocycles. The number of rotatable bonds is 1. The summed E-state index contributed by atoms with van der Waals surface area (Å²) in [5, 5.41) is -2.29. The molecule has 0 spiro atoms. The number of amides is 1. The second-order valence-corrected chi connectivity index (χ2v) is 10.1. The van der Waals surface area contributed by atoms with Crippen LogP contribution in [0.2, 0.25) is 0 Å². The lowest BCUT2D eigenvalue weighted by atomic mass is 9.86. The quantitative estimate of drug-likeness (QED) is 0.510. The average molecular weight is 385 g/mol. The molecule has 2 aliphatic rings. The number of hydrogen-bond donors (Lipinski definition) is 0. The van der Waals surface area contributed by atoms with Crippen molar-refractivity contribution in [2.24, 2.45) is 5.41 Å². The molecule has 0 radical (unpaired) electrons. The van der Waals surface area contributed by atoms with Crippen molar-refractivity contribution in [1.82, 2.24) is 4.90 Å². The van der Waals surface area contributed by atoms with Gasteiger partial charge in [-0.1, -0.05) is 36.7 Å². The van der Waals surface area contributed by atoms with Crippen molar-refractivity contribution in [3.8, 4) is 0 Å². The largest absolute Gasteiger partial charge is 0.292 e. The van der Waals surface area contributed by atoms with E-state index in [2.05, 4.69) is 15.9 Å². The molecule has 0 N–H and O–H groups in total. The number of allylic oxidation sites excluding steroid dienone is 1. The Bertz CT molecular complexity index is 634. The minimum atomic E-state index is -3.67. The summed E-state index contributed by atoms with van der Waals surface area (Å²) in [6, 6.07) is 0. The lowest BCUT2D eigenvalue weighted by Crippen LogP contribution is -2.69. The molecule has 3 atom stereocenters. The van der Waals surface area contributed by atoms with Crippen molar-refractivity contribution in [2.75, 3.05) is 0 Å². The van der Waals surface area contributed by atoms with Crippen LogP contribution in [-0.2, 0) is 19.4 Å². The fourth-order valence-corrected chi connectivity index (χ4v) is 5.62. The van der Waals surface area contributed by atoms with Crippen molar-refractivity contribution in [2.45, 2.75) is 42.6 Å². The minimum absolute atomic E-state index is 0.154. The molecule has 2 aliphatic heterocycles. The maximum absolute atomic E-state index is 12.5. The number of fused-ring (bicyclic) bond motifs is 1. The Morgan fingerprint density at radius 2 is 1.85 bits per heavy atom. The second-order valence-electron chi connectivity index (χ2n) is 6.02. The van der Waals surface area contributed by atoms with Crippen molar-refractivity contribution < 1.29 is 18.0 Å². The van der Waals surface area contributed by atoms with Crippen LogP contribution in [0.5, 0.6) is 0 Å². The maximum Gasteiger partial charge on any atom is 0.249 e. The second kappa shape index (κ2) is 4.55. The molecule has 1 fully saturated rings. The highest BCUT2D eigenvalue weighted by Crippen LogP contribution is 2.45. The van der Waals surface area contributed by atoms with Gasteiger partial charge in [0.25, 0.3) is 0 Å². The zero-order valence-corrected chi connectivity index (χ0v) is 14.6. The van der Waals surface area contributed by atoms with E-state index in [-0.39, 0.29) is 11.5 Å². The van der Waals surface area contributed by atoms with Gasteiger partial charge >= 0.3 is 0 Å². The Labute approximate surface area is 131 Å². The van der Waals surface area contributed by atoms with Gasteiger partial charge in [-0.05, 0) is 12.5 Å². The van der Waals surface area contributed by atoms with Gasteiger partial charge in [-0.15, -0.1) is 11.6 Å². The maximum atomic E-state index is 12.5. The predicted molar refractivity (Wildman–Crippen MR) is 79.1 cm³/mol. The van der Waals surface area contributed by atoms with E-state index >= 15 is 0 Å². The van der Waals surface area contributed by atoms with E-state index < -0.39 is 36.1 Å². The Morgan fingerprint density at radius 3 is 2.30 bits per heavy atom. The van der Waals surface area contributed by atoms with E-state index in [0.717, 1.165) is 4.90 Å². The van der Waals surface area contributed by atoms with Crippen LogP contribution in [0.3, 0.4) is 0 Å². The summed E-state index contributed by atoms with van der Waals surface area (Å²) in [7, 11) is -3.67. The Morgan fingerprint density at radius 1 is 1.35 bits per heavy atom. The van der Waals surface area contributed by atoms with E-state index in [0.29, 0.717) is 5.57 Å². The van der Waals surface area contributed by atoms with Gasteiger partial charge in [0.1, 0.15) is 9.54 Å². The molecule has 8 heteroatoms. The number of hydrogen-bond acceptors (Lipinski definition) is 4. The molecule has 2 heterocycles. The molecule has 1 amide bonds. The van der Waals surface area contributed by atoms with Crippen molar-refractivity contribution >= 4 is 49.1 Å². The first-order valence-corrected chi connectivity index (χ1v) is 8.98. The van der Waals surface area contributed by atoms with Crippen LogP contribution >= 0.6 is 27.5 Å². The third-order valence-electron chi connectivity index (χ3n) is 3.45. The third-order valence-corrected chi connectivity index (χ3v) is 8.37. The van der Waals surface area contributed by atoms with Gasteiger partial charge in [-0.25, -0.2) is 8.42 Å². The Kier molecular flexibility index (Phi) is 3.63. The first-order chi connectivity index (χ1) is 8.92. The molecule has 0 bridgehead atoms. The molecule has 2 rings (SSSR count). The summed E-state index contributed by atoms with van der Waals surface area (Å²) in [6.45, 7) is 6.71.